The summed E-state index contributed by atoms with van der Waals surface area (Å²) in [6.45, 7) is 6.00. The molecule has 2 aromatic carbocycles. The van der Waals surface area contributed by atoms with Crippen molar-refractivity contribution in [3.63, 3.8) is 0 Å². The van der Waals surface area contributed by atoms with Crippen LogP contribution in [0.25, 0.3) is 0 Å². The summed E-state index contributed by atoms with van der Waals surface area (Å²) in [5.41, 5.74) is 3.13. The minimum Gasteiger partial charge on any atom is -0.345 e. The Kier molecular flexibility index (Phi) is 6.00. The summed E-state index contributed by atoms with van der Waals surface area (Å²) < 4.78 is 0. The van der Waals surface area contributed by atoms with E-state index in [-0.39, 0.29) is 5.91 Å². The Balaban J connectivity index is 2.10. The van der Waals surface area contributed by atoms with Crippen molar-refractivity contribution in [2.24, 2.45) is 0 Å². The highest BCUT2D eigenvalue weighted by atomic mass is 35.5. The van der Waals surface area contributed by atoms with E-state index in [0.717, 1.165) is 22.6 Å². The normalized spacial score (nSPS) is 12.9. The number of aryl methyl sites for hydroxylation is 1. The number of anilines is 2. The summed E-state index contributed by atoms with van der Waals surface area (Å²) in [5.74, 6) is -0.110. The van der Waals surface area contributed by atoms with E-state index in [1.54, 1.807) is 6.20 Å². The largest absolute Gasteiger partial charge is 0.345 e. The van der Waals surface area contributed by atoms with Gasteiger partial charge in [0, 0.05) is 35.2 Å². The molecule has 0 aliphatic heterocycles. The molecule has 0 spiro atoms. The van der Waals surface area contributed by atoms with Gasteiger partial charge in [0.15, 0.2) is 0 Å². The van der Waals surface area contributed by atoms with Crippen LogP contribution in [0.15, 0.2) is 72.9 Å². The van der Waals surface area contributed by atoms with Gasteiger partial charge in [0.1, 0.15) is 0 Å². The molecule has 1 atom stereocenters. The number of amides is 1. The summed E-state index contributed by atoms with van der Waals surface area (Å²) in [6.07, 6.45) is 1.80. The second-order valence-corrected chi connectivity index (χ2v) is 7.48. The molecule has 1 unspecified atom stereocenters. The SMILES string of the molecule is CC(=O)NC(C)(CN(c1ccccc1)c1ccnc(C)c1)c1ccccc1Cl. The molecule has 1 heterocycles. The van der Waals surface area contributed by atoms with Gasteiger partial charge in [-0.2, -0.15) is 0 Å². The number of halogens is 1. The zero-order valence-corrected chi connectivity index (χ0v) is 17.1. The number of hydrogen-bond acceptors (Lipinski definition) is 3. The van der Waals surface area contributed by atoms with Gasteiger partial charge in [0.25, 0.3) is 0 Å². The van der Waals surface area contributed by atoms with Gasteiger partial charge in [-0.05, 0) is 49.7 Å². The zero-order chi connectivity index (χ0) is 20.1. The van der Waals surface area contributed by atoms with Crippen LogP contribution in [0, 0.1) is 6.92 Å². The molecule has 4 nitrogen and oxygen atoms in total. The van der Waals surface area contributed by atoms with Crippen molar-refractivity contribution in [1.29, 1.82) is 0 Å². The van der Waals surface area contributed by atoms with E-state index in [0.29, 0.717) is 11.6 Å². The van der Waals surface area contributed by atoms with Crippen molar-refractivity contribution in [1.82, 2.24) is 10.3 Å². The van der Waals surface area contributed by atoms with E-state index < -0.39 is 5.54 Å². The predicted octanol–water partition coefficient (Wildman–Crippen LogP) is 5.23. The van der Waals surface area contributed by atoms with Crippen LogP contribution >= 0.6 is 11.6 Å². The molecule has 3 aromatic rings. The molecular weight excluding hydrogens is 370 g/mol. The van der Waals surface area contributed by atoms with Crippen LogP contribution in [0.3, 0.4) is 0 Å². The number of para-hydroxylation sites is 1. The molecule has 28 heavy (non-hydrogen) atoms. The van der Waals surface area contributed by atoms with Crippen molar-refractivity contribution in [3.05, 3.63) is 89.2 Å². The topological polar surface area (TPSA) is 45.2 Å². The molecule has 0 bridgehead atoms. The molecule has 0 radical (unpaired) electrons. The fourth-order valence-corrected chi connectivity index (χ4v) is 3.79. The molecule has 3 rings (SSSR count). The number of aromatic nitrogens is 1. The van der Waals surface area contributed by atoms with Crippen LogP contribution in [0.1, 0.15) is 25.1 Å². The summed E-state index contributed by atoms with van der Waals surface area (Å²) in [6, 6.07) is 21.7. The van der Waals surface area contributed by atoms with E-state index in [1.165, 1.54) is 6.92 Å². The minimum atomic E-state index is -0.697. The van der Waals surface area contributed by atoms with Gasteiger partial charge in [-0.3, -0.25) is 9.78 Å². The number of benzene rings is 2. The number of pyridine rings is 1. The highest BCUT2D eigenvalue weighted by molar-refractivity contribution is 6.31. The van der Waals surface area contributed by atoms with E-state index >= 15 is 0 Å². The monoisotopic (exact) mass is 393 g/mol. The maximum Gasteiger partial charge on any atom is 0.217 e. The third-order valence-corrected chi connectivity index (χ3v) is 4.98. The van der Waals surface area contributed by atoms with Crippen molar-refractivity contribution < 1.29 is 4.79 Å². The molecule has 1 aromatic heterocycles. The van der Waals surface area contributed by atoms with Crippen molar-refractivity contribution in [2.75, 3.05) is 11.4 Å². The summed E-state index contributed by atoms with van der Waals surface area (Å²) in [5, 5.41) is 3.74. The lowest BCUT2D eigenvalue weighted by Gasteiger charge is -2.38. The Morgan fingerprint density at radius 3 is 2.39 bits per heavy atom. The average Bonchev–Trinajstić information content (AvgIpc) is 2.66. The number of rotatable bonds is 6. The van der Waals surface area contributed by atoms with Gasteiger partial charge >= 0.3 is 0 Å². The van der Waals surface area contributed by atoms with Gasteiger partial charge < -0.3 is 10.2 Å². The van der Waals surface area contributed by atoms with Crippen LogP contribution in [0.5, 0.6) is 0 Å². The lowest BCUT2D eigenvalue weighted by Crippen LogP contribution is -2.50. The Hall–Kier alpha value is -2.85. The van der Waals surface area contributed by atoms with Gasteiger partial charge in [-0.1, -0.05) is 48.0 Å². The highest BCUT2D eigenvalue weighted by Gasteiger charge is 2.33. The van der Waals surface area contributed by atoms with Crippen LogP contribution < -0.4 is 10.2 Å². The van der Waals surface area contributed by atoms with Crippen LogP contribution in [0.2, 0.25) is 5.02 Å². The molecule has 1 amide bonds. The van der Waals surface area contributed by atoms with Crippen molar-refractivity contribution >= 4 is 28.9 Å². The Morgan fingerprint density at radius 1 is 1.07 bits per heavy atom. The lowest BCUT2D eigenvalue weighted by molar-refractivity contribution is -0.120. The second kappa shape index (κ2) is 8.44. The van der Waals surface area contributed by atoms with Crippen molar-refractivity contribution in [3.8, 4) is 0 Å². The standard InChI is InChI=1S/C23H24ClN3O/c1-17-15-20(13-14-25-17)27(19-9-5-4-6-10-19)16-23(3,26-18(2)28)21-11-7-8-12-22(21)24/h4-15H,16H2,1-3H3,(H,26,28). The molecule has 5 heteroatoms. The first-order valence-electron chi connectivity index (χ1n) is 9.18. The minimum absolute atomic E-state index is 0.110. The van der Waals surface area contributed by atoms with Gasteiger partial charge in [-0.15, -0.1) is 0 Å². The number of hydrogen-bond donors (Lipinski definition) is 1. The van der Waals surface area contributed by atoms with E-state index in [1.807, 2.05) is 68.4 Å². The second-order valence-electron chi connectivity index (χ2n) is 7.07. The number of carbonyl (C=O) groups is 1. The molecule has 0 aliphatic carbocycles. The first-order chi connectivity index (χ1) is 13.4. The Labute approximate surface area is 171 Å². The summed E-state index contributed by atoms with van der Waals surface area (Å²) in [7, 11) is 0. The molecule has 0 saturated carbocycles. The van der Waals surface area contributed by atoms with Crippen molar-refractivity contribution in [2.45, 2.75) is 26.3 Å². The van der Waals surface area contributed by atoms with E-state index in [9.17, 15) is 4.79 Å². The third-order valence-electron chi connectivity index (χ3n) is 4.65. The maximum atomic E-state index is 12.1. The van der Waals surface area contributed by atoms with E-state index in [4.69, 9.17) is 11.6 Å². The first-order valence-corrected chi connectivity index (χ1v) is 9.56. The van der Waals surface area contributed by atoms with Gasteiger partial charge in [-0.25, -0.2) is 0 Å². The fraction of sp³-hybridized carbons (Fsp3) is 0.217. The lowest BCUT2D eigenvalue weighted by atomic mass is 9.90. The maximum absolute atomic E-state index is 12.1. The summed E-state index contributed by atoms with van der Waals surface area (Å²) in [4.78, 5) is 18.6. The third kappa shape index (κ3) is 4.52. The Morgan fingerprint density at radius 2 is 1.75 bits per heavy atom. The van der Waals surface area contributed by atoms with Crippen LogP contribution in [-0.2, 0) is 10.3 Å². The quantitative estimate of drug-likeness (QED) is 0.623. The number of nitrogens with one attached hydrogen (secondary N) is 1. The molecule has 0 fully saturated rings. The average molecular weight is 394 g/mol. The van der Waals surface area contributed by atoms with Crippen LogP contribution in [0.4, 0.5) is 11.4 Å². The van der Waals surface area contributed by atoms with Crippen LogP contribution in [-0.4, -0.2) is 17.4 Å². The highest BCUT2D eigenvalue weighted by Crippen LogP contribution is 2.34. The fourth-order valence-electron chi connectivity index (χ4n) is 3.44. The molecule has 144 valence electrons. The van der Waals surface area contributed by atoms with Gasteiger partial charge in [0.05, 0.1) is 12.1 Å². The molecular formula is C23H24ClN3O. The predicted molar refractivity (Wildman–Crippen MR) is 115 cm³/mol. The molecule has 0 saturated heterocycles. The smallest absolute Gasteiger partial charge is 0.217 e. The number of nitrogens with zero attached hydrogens (tertiary/aromatic N) is 2. The summed E-state index contributed by atoms with van der Waals surface area (Å²) >= 11 is 6.51. The number of carbonyl (C=O) groups excluding carboxylic acids is 1. The zero-order valence-electron chi connectivity index (χ0n) is 16.3. The first kappa shape index (κ1) is 19.9. The molecule has 1 N–H and O–H groups in total. The van der Waals surface area contributed by atoms with E-state index in [2.05, 4.69) is 27.3 Å². The molecule has 0 aliphatic rings. The van der Waals surface area contributed by atoms with Gasteiger partial charge in [0.2, 0.25) is 5.91 Å². The Bertz CT molecular complexity index is 961.